The first-order valence-electron chi connectivity index (χ1n) is 7.97. The lowest BCUT2D eigenvalue weighted by Gasteiger charge is -2.17. The van der Waals surface area contributed by atoms with Gasteiger partial charge in [0.1, 0.15) is 5.82 Å². The predicted octanol–water partition coefficient (Wildman–Crippen LogP) is 2.58. The standard InChI is InChI=1S/C18H16FN3O4/c1-11-15(6-3-7-16(11)22(25)26)18(24)20-13-9-17(23)21(10-13)14-5-2-4-12(19)8-14/h2-8,13H,9-10H2,1H3,(H,20,24)/t13-/m0/s1. The molecule has 1 heterocycles. The van der Waals surface area contributed by atoms with Gasteiger partial charge < -0.3 is 10.2 Å². The zero-order chi connectivity index (χ0) is 18.8. The van der Waals surface area contributed by atoms with Crippen LogP contribution in [0.15, 0.2) is 42.5 Å². The molecule has 3 rings (SSSR count). The van der Waals surface area contributed by atoms with Gasteiger partial charge in [0.25, 0.3) is 11.6 Å². The number of hydrogen-bond acceptors (Lipinski definition) is 4. The number of anilines is 1. The number of carbonyl (C=O) groups excluding carboxylic acids is 2. The van der Waals surface area contributed by atoms with Gasteiger partial charge in [-0.25, -0.2) is 4.39 Å². The number of nitrogens with zero attached hydrogens (tertiary/aromatic N) is 2. The Hall–Kier alpha value is -3.29. The first-order chi connectivity index (χ1) is 12.4. The summed E-state index contributed by atoms with van der Waals surface area (Å²) in [5.74, 6) is -1.16. The third kappa shape index (κ3) is 3.39. The van der Waals surface area contributed by atoms with Crippen LogP contribution in [0, 0.1) is 22.9 Å². The van der Waals surface area contributed by atoms with E-state index in [1.165, 1.54) is 48.2 Å². The minimum absolute atomic E-state index is 0.0796. The van der Waals surface area contributed by atoms with Gasteiger partial charge in [0.05, 0.1) is 11.0 Å². The normalized spacial score (nSPS) is 16.6. The van der Waals surface area contributed by atoms with Crippen molar-refractivity contribution in [1.82, 2.24) is 5.32 Å². The monoisotopic (exact) mass is 357 g/mol. The molecule has 2 amide bonds. The van der Waals surface area contributed by atoms with Crippen molar-refractivity contribution in [2.24, 2.45) is 0 Å². The second-order valence-electron chi connectivity index (χ2n) is 6.07. The van der Waals surface area contributed by atoms with Gasteiger partial charge in [0.15, 0.2) is 0 Å². The maximum absolute atomic E-state index is 13.4. The van der Waals surface area contributed by atoms with E-state index in [0.29, 0.717) is 5.69 Å². The zero-order valence-corrected chi connectivity index (χ0v) is 13.9. The van der Waals surface area contributed by atoms with Gasteiger partial charge >= 0.3 is 0 Å². The van der Waals surface area contributed by atoms with Crippen LogP contribution in [0.25, 0.3) is 0 Å². The average Bonchev–Trinajstić information content (AvgIpc) is 2.95. The maximum atomic E-state index is 13.4. The minimum atomic E-state index is -0.545. The van der Waals surface area contributed by atoms with Crippen molar-refractivity contribution in [3.63, 3.8) is 0 Å². The Morgan fingerprint density at radius 2 is 2.04 bits per heavy atom. The predicted molar refractivity (Wildman–Crippen MR) is 92.5 cm³/mol. The number of hydrogen-bond donors (Lipinski definition) is 1. The van der Waals surface area contributed by atoms with E-state index in [1.54, 1.807) is 6.07 Å². The van der Waals surface area contributed by atoms with Crippen molar-refractivity contribution in [2.45, 2.75) is 19.4 Å². The number of rotatable bonds is 4. The number of halogens is 1. The Morgan fingerprint density at radius 3 is 2.73 bits per heavy atom. The van der Waals surface area contributed by atoms with E-state index in [2.05, 4.69) is 5.32 Å². The van der Waals surface area contributed by atoms with Gasteiger partial charge in [-0.15, -0.1) is 0 Å². The van der Waals surface area contributed by atoms with Crippen LogP contribution in [-0.2, 0) is 4.79 Å². The summed E-state index contributed by atoms with van der Waals surface area (Å²) >= 11 is 0. The third-order valence-corrected chi connectivity index (χ3v) is 4.33. The minimum Gasteiger partial charge on any atom is -0.347 e. The molecule has 2 aromatic carbocycles. The molecule has 1 aliphatic heterocycles. The van der Waals surface area contributed by atoms with Gasteiger partial charge in [-0.05, 0) is 31.2 Å². The molecule has 1 aliphatic rings. The fraction of sp³-hybridized carbons (Fsp3) is 0.222. The molecule has 0 bridgehead atoms. The second-order valence-corrected chi connectivity index (χ2v) is 6.07. The summed E-state index contributed by atoms with van der Waals surface area (Å²) in [6.07, 6.45) is 0.0796. The Labute approximate surface area is 148 Å². The molecule has 1 fully saturated rings. The van der Waals surface area contributed by atoms with Gasteiger partial charge in [0.2, 0.25) is 5.91 Å². The highest BCUT2D eigenvalue weighted by atomic mass is 19.1. The third-order valence-electron chi connectivity index (χ3n) is 4.33. The highest BCUT2D eigenvalue weighted by Gasteiger charge is 2.32. The zero-order valence-electron chi connectivity index (χ0n) is 13.9. The van der Waals surface area contributed by atoms with Gasteiger partial charge in [-0.2, -0.15) is 0 Å². The average molecular weight is 357 g/mol. The molecule has 0 saturated carbocycles. The molecular formula is C18H16FN3O4. The number of amides is 2. The molecule has 26 heavy (non-hydrogen) atoms. The van der Waals surface area contributed by atoms with E-state index < -0.39 is 22.7 Å². The molecule has 0 aliphatic carbocycles. The van der Waals surface area contributed by atoms with Gasteiger partial charge in [0, 0.05) is 35.8 Å². The summed E-state index contributed by atoms with van der Waals surface area (Å²) < 4.78 is 13.4. The summed E-state index contributed by atoms with van der Waals surface area (Å²) in [5, 5.41) is 13.7. The Balaban J connectivity index is 1.74. The maximum Gasteiger partial charge on any atom is 0.273 e. The van der Waals surface area contributed by atoms with E-state index in [-0.39, 0.29) is 35.7 Å². The molecule has 0 aromatic heterocycles. The number of nitro groups is 1. The molecule has 0 radical (unpaired) electrons. The molecule has 1 N–H and O–H groups in total. The fourth-order valence-electron chi connectivity index (χ4n) is 3.03. The van der Waals surface area contributed by atoms with E-state index in [9.17, 15) is 24.1 Å². The molecule has 7 nitrogen and oxygen atoms in total. The molecule has 1 saturated heterocycles. The number of carbonyl (C=O) groups is 2. The highest BCUT2D eigenvalue weighted by molar-refractivity contribution is 5.99. The topological polar surface area (TPSA) is 92.6 Å². The summed E-state index contributed by atoms with van der Waals surface area (Å²) in [6.45, 7) is 1.72. The summed E-state index contributed by atoms with van der Waals surface area (Å²) in [6, 6.07) is 9.49. The molecule has 8 heteroatoms. The van der Waals surface area contributed by atoms with E-state index in [0.717, 1.165) is 0 Å². The largest absolute Gasteiger partial charge is 0.347 e. The first kappa shape index (κ1) is 17.5. The molecule has 1 atom stereocenters. The van der Waals surface area contributed by atoms with Crippen molar-refractivity contribution < 1.29 is 18.9 Å². The van der Waals surface area contributed by atoms with Crippen molar-refractivity contribution in [3.8, 4) is 0 Å². The smallest absolute Gasteiger partial charge is 0.273 e. The summed E-state index contributed by atoms with van der Waals surface area (Å²) in [7, 11) is 0. The Kier molecular flexibility index (Phi) is 4.66. The van der Waals surface area contributed by atoms with Crippen LogP contribution in [-0.4, -0.2) is 29.3 Å². The van der Waals surface area contributed by atoms with Crippen LogP contribution in [0.3, 0.4) is 0 Å². The van der Waals surface area contributed by atoms with E-state index in [1.807, 2.05) is 0 Å². The molecule has 0 unspecified atom stereocenters. The number of benzene rings is 2. The highest BCUT2D eigenvalue weighted by Crippen LogP contribution is 2.24. The van der Waals surface area contributed by atoms with Crippen molar-refractivity contribution in [3.05, 3.63) is 69.5 Å². The number of nitro benzene ring substituents is 1. The van der Waals surface area contributed by atoms with Gasteiger partial charge in [-0.1, -0.05) is 12.1 Å². The number of nitrogens with one attached hydrogen (secondary N) is 1. The second kappa shape index (κ2) is 6.91. The van der Waals surface area contributed by atoms with Crippen LogP contribution in [0.4, 0.5) is 15.8 Å². The quantitative estimate of drug-likeness (QED) is 0.672. The van der Waals surface area contributed by atoms with Crippen LogP contribution in [0.2, 0.25) is 0 Å². The van der Waals surface area contributed by atoms with E-state index in [4.69, 9.17) is 0 Å². The fourth-order valence-corrected chi connectivity index (χ4v) is 3.03. The summed E-state index contributed by atoms with van der Waals surface area (Å²) in [5.41, 5.74) is 0.747. The van der Waals surface area contributed by atoms with Crippen LogP contribution in [0.5, 0.6) is 0 Å². The van der Waals surface area contributed by atoms with Crippen molar-refractivity contribution in [2.75, 3.05) is 11.4 Å². The van der Waals surface area contributed by atoms with Crippen molar-refractivity contribution >= 4 is 23.2 Å². The molecule has 134 valence electrons. The van der Waals surface area contributed by atoms with E-state index >= 15 is 0 Å². The lowest BCUT2D eigenvalue weighted by molar-refractivity contribution is -0.385. The molecule has 2 aromatic rings. The SMILES string of the molecule is Cc1c(C(=O)N[C@H]2CC(=O)N(c3cccc(F)c3)C2)cccc1[N+](=O)[O-]. The molecular weight excluding hydrogens is 341 g/mol. The van der Waals surface area contributed by atoms with Gasteiger partial charge in [-0.3, -0.25) is 19.7 Å². The molecule has 0 spiro atoms. The van der Waals surface area contributed by atoms with Crippen molar-refractivity contribution in [1.29, 1.82) is 0 Å². The van der Waals surface area contributed by atoms with Crippen LogP contribution < -0.4 is 10.2 Å². The lowest BCUT2D eigenvalue weighted by Crippen LogP contribution is -2.37. The Morgan fingerprint density at radius 1 is 1.31 bits per heavy atom. The lowest BCUT2D eigenvalue weighted by atomic mass is 10.1. The summed E-state index contributed by atoms with van der Waals surface area (Å²) in [4.78, 5) is 36.5. The van der Waals surface area contributed by atoms with Crippen LogP contribution >= 0.6 is 0 Å². The first-order valence-corrected chi connectivity index (χ1v) is 7.97. The Bertz CT molecular complexity index is 900. The van der Waals surface area contributed by atoms with Crippen LogP contribution in [0.1, 0.15) is 22.3 Å².